The summed E-state index contributed by atoms with van der Waals surface area (Å²) < 4.78 is 5.02. The van der Waals surface area contributed by atoms with Gasteiger partial charge in [-0.3, -0.25) is 4.79 Å². The molecule has 0 bridgehead atoms. The van der Waals surface area contributed by atoms with Gasteiger partial charge in [-0.25, -0.2) is 0 Å². The summed E-state index contributed by atoms with van der Waals surface area (Å²) in [5, 5.41) is 43.4. The largest absolute Gasteiger partial charge is 0.388 e. The van der Waals surface area contributed by atoms with Gasteiger partial charge >= 0.3 is 0 Å². The molecule has 114 valence electrons. The Bertz CT molecular complexity index is 552. The molecule has 5 atom stereocenters. The zero-order valence-corrected chi connectivity index (χ0v) is 11.1. The van der Waals surface area contributed by atoms with Crippen LogP contribution in [0.4, 0.5) is 0 Å². The van der Waals surface area contributed by atoms with Crippen LogP contribution >= 0.6 is 0 Å². The van der Waals surface area contributed by atoms with Crippen molar-refractivity contribution in [2.45, 2.75) is 29.5 Å². The zero-order valence-electron chi connectivity index (χ0n) is 11.1. The van der Waals surface area contributed by atoms with E-state index < -0.39 is 35.4 Å². The van der Waals surface area contributed by atoms with E-state index in [1.165, 1.54) is 0 Å². The van der Waals surface area contributed by atoms with E-state index in [2.05, 4.69) is 5.32 Å². The number of carbonyl (C=O) groups is 1. The second-order valence-corrected chi connectivity index (χ2v) is 5.46. The van der Waals surface area contributed by atoms with E-state index in [0.717, 1.165) is 0 Å². The van der Waals surface area contributed by atoms with Gasteiger partial charge in [0.15, 0.2) is 0 Å². The van der Waals surface area contributed by atoms with Crippen molar-refractivity contribution in [2.24, 2.45) is 0 Å². The van der Waals surface area contributed by atoms with Gasteiger partial charge in [-0.05, 0) is 5.56 Å². The Balaban J connectivity index is 2.06. The average Bonchev–Trinajstić information content (AvgIpc) is 2.94. The minimum Gasteiger partial charge on any atom is -0.388 e. The van der Waals surface area contributed by atoms with Crippen LogP contribution in [0.25, 0.3) is 0 Å². The van der Waals surface area contributed by atoms with E-state index in [4.69, 9.17) is 4.74 Å². The van der Waals surface area contributed by atoms with Crippen molar-refractivity contribution < 1.29 is 30.0 Å². The number of aliphatic hydroxyl groups is 4. The molecule has 0 saturated carbocycles. The molecule has 0 aliphatic carbocycles. The van der Waals surface area contributed by atoms with Gasteiger partial charge in [-0.2, -0.15) is 0 Å². The third-order valence-corrected chi connectivity index (χ3v) is 4.30. The van der Waals surface area contributed by atoms with Crippen LogP contribution in [0.3, 0.4) is 0 Å². The van der Waals surface area contributed by atoms with Crippen molar-refractivity contribution in [3.05, 3.63) is 35.9 Å². The Hall–Kier alpha value is -1.51. The minimum absolute atomic E-state index is 0.0911. The summed E-state index contributed by atoms with van der Waals surface area (Å²) in [6, 6.07) is 8.67. The molecule has 1 amide bonds. The van der Waals surface area contributed by atoms with Gasteiger partial charge in [0.25, 0.3) is 5.91 Å². The number of aliphatic hydroxyl groups excluding tert-OH is 2. The summed E-state index contributed by atoms with van der Waals surface area (Å²) in [6.07, 6.45) is -3.15. The lowest BCUT2D eigenvalue weighted by molar-refractivity contribution is -0.298. The van der Waals surface area contributed by atoms with Crippen molar-refractivity contribution in [1.82, 2.24) is 5.32 Å². The topological polar surface area (TPSA) is 119 Å². The first-order valence-electron chi connectivity index (χ1n) is 6.69. The van der Waals surface area contributed by atoms with Gasteiger partial charge in [0.05, 0.1) is 6.61 Å². The first-order valence-corrected chi connectivity index (χ1v) is 6.69. The average molecular weight is 295 g/mol. The molecular weight excluding hydrogens is 278 g/mol. The highest BCUT2D eigenvalue weighted by Crippen LogP contribution is 2.45. The van der Waals surface area contributed by atoms with Crippen molar-refractivity contribution in [3.63, 3.8) is 0 Å². The maximum Gasteiger partial charge on any atom is 0.258 e. The fourth-order valence-corrected chi connectivity index (χ4v) is 3.08. The SMILES string of the molecule is O=C1NCC(c2ccccc2)C1(O)C1(O)OCC(O)C1O. The van der Waals surface area contributed by atoms with Gasteiger partial charge in [0.1, 0.15) is 12.2 Å². The second kappa shape index (κ2) is 4.75. The molecule has 1 aromatic rings. The van der Waals surface area contributed by atoms with E-state index in [-0.39, 0.29) is 13.2 Å². The number of ether oxygens (including phenoxy) is 1. The summed E-state index contributed by atoms with van der Waals surface area (Å²) in [6.45, 7) is -0.275. The molecular formula is C14H17NO6. The van der Waals surface area contributed by atoms with Crippen molar-refractivity contribution in [1.29, 1.82) is 0 Å². The molecule has 3 rings (SSSR count). The molecule has 2 heterocycles. The number of hydrogen-bond donors (Lipinski definition) is 5. The molecule has 0 radical (unpaired) electrons. The smallest absolute Gasteiger partial charge is 0.258 e. The Morgan fingerprint density at radius 3 is 2.43 bits per heavy atom. The number of nitrogens with one attached hydrogen (secondary N) is 1. The quantitative estimate of drug-likeness (QED) is 0.433. The minimum atomic E-state index is -2.56. The molecule has 1 aromatic carbocycles. The number of carbonyl (C=O) groups excluding carboxylic acids is 1. The first-order chi connectivity index (χ1) is 9.91. The van der Waals surface area contributed by atoms with Crippen LogP contribution in [-0.4, -0.2) is 63.1 Å². The van der Waals surface area contributed by atoms with E-state index in [1.807, 2.05) is 0 Å². The maximum absolute atomic E-state index is 12.1. The number of hydrogen-bond acceptors (Lipinski definition) is 6. The summed E-state index contributed by atoms with van der Waals surface area (Å²) in [4.78, 5) is 12.1. The first kappa shape index (κ1) is 14.4. The molecule has 2 aliphatic rings. The summed E-state index contributed by atoms with van der Waals surface area (Å²) in [5.41, 5.74) is -1.77. The lowest BCUT2D eigenvalue weighted by Gasteiger charge is -2.40. The number of rotatable bonds is 2. The van der Waals surface area contributed by atoms with Crippen LogP contribution in [0.5, 0.6) is 0 Å². The molecule has 2 saturated heterocycles. The van der Waals surface area contributed by atoms with Gasteiger partial charge in [-0.15, -0.1) is 0 Å². The third-order valence-electron chi connectivity index (χ3n) is 4.30. The van der Waals surface area contributed by atoms with Crippen molar-refractivity contribution in [2.75, 3.05) is 13.2 Å². The van der Waals surface area contributed by atoms with Gasteiger partial charge in [0, 0.05) is 12.5 Å². The fourth-order valence-electron chi connectivity index (χ4n) is 3.08. The Morgan fingerprint density at radius 2 is 1.86 bits per heavy atom. The molecule has 5 unspecified atom stereocenters. The Labute approximate surface area is 120 Å². The highest BCUT2D eigenvalue weighted by atomic mass is 16.7. The van der Waals surface area contributed by atoms with Crippen LogP contribution in [-0.2, 0) is 9.53 Å². The number of amides is 1. The van der Waals surface area contributed by atoms with Crippen molar-refractivity contribution >= 4 is 5.91 Å². The predicted octanol–water partition coefficient (Wildman–Crippen LogP) is -1.93. The lowest BCUT2D eigenvalue weighted by Crippen LogP contribution is -2.66. The Kier molecular flexibility index (Phi) is 3.27. The molecule has 21 heavy (non-hydrogen) atoms. The molecule has 5 N–H and O–H groups in total. The number of benzene rings is 1. The van der Waals surface area contributed by atoms with Crippen LogP contribution in [0.1, 0.15) is 11.5 Å². The fraction of sp³-hybridized carbons (Fsp3) is 0.500. The molecule has 0 aromatic heterocycles. The molecule has 7 heteroatoms. The second-order valence-electron chi connectivity index (χ2n) is 5.46. The summed E-state index contributed by atoms with van der Waals surface area (Å²) >= 11 is 0. The van der Waals surface area contributed by atoms with Crippen LogP contribution < -0.4 is 5.32 Å². The zero-order chi connectivity index (χ0) is 15.3. The van der Waals surface area contributed by atoms with Crippen LogP contribution in [0.2, 0.25) is 0 Å². The van der Waals surface area contributed by atoms with E-state index in [0.29, 0.717) is 5.56 Å². The van der Waals surface area contributed by atoms with Gasteiger partial charge < -0.3 is 30.5 Å². The molecule has 2 aliphatic heterocycles. The van der Waals surface area contributed by atoms with Gasteiger partial charge in [0.2, 0.25) is 11.4 Å². The van der Waals surface area contributed by atoms with Gasteiger partial charge in [-0.1, -0.05) is 30.3 Å². The summed E-state index contributed by atoms with van der Waals surface area (Å²) in [5.74, 6) is -4.21. The monoisotopic (exact) mass is 295 g/mol. The van der Waals surface area contributed by atoms with Crippen LogP contribution in [0, 0.1) is 0 Å². The van der Waals surface area contributed by atoms with E-state index in [9.17, 15) is 25.2 Å². The van der Waals surface area contributed by atoms with Crippen molar-refractivity contribution in [3.8, 4) is 0 Å². The Morgan fingerprint density at radius 1 is 1.19 bits per heavy atom. The summed E-state index contributed by atoms with van der Waals surface area (Å²) in [7, 11) is 0. The standard InChI is InChI=1S/C14H17NO6/c16-10-7-21-14(20,11(10)17)13(19)9(6-15-12(13)18)8-4-2-1-3-5-8/h1-5,9-11,16-17,19-20H,6-7H2,(H,15,18). The lowest BCUT2D eigenvalue weighted by atomic mass is 9.76. The molecule has 7 nitrogen and oxygen atoms in total. The van der Waals surface area contributed by atoms with E-state index >= 15 is 0 Å². The van der Waals surface area contributed by atoms with Crippen LogP contribution in [0.15, 0.2) is 30.3 Å². The normalized spacial score (nSPS) is 43.0. The predicted molar refractivity (Wildman–Crippen MR) is 70.1 cm³/mol. The molecule has 2 fully saturated rings. The highest BCUT2D eigenvalue weighted by molar-refractivity contribution is 5.90. The maximum atomic E-state index is 12.1. The molecule has 0 spiro atoms. The third kappa shape index (κ3) is 1.82. The van der Waals surface area contributed by atoms with E-state index in [1.54, 1.807) is 30.3 Å². The highest BCUT2D eigenvalue weighted by Gasteiger charge is 2.70.